The predicted molar refractivity (Wildman–Crippen MR) is 86.3 cm³/mol. The molecule has 1 saturated heterocycles. The molecule has 0 unspecified atom stereocenters. The maximum absolute atomic E-state index is 12.6. The van der Waals surface area contributed by atoms with Gasteiger partial charge in [-0.3, -0.25) is 4.79 Å². The zero-order chi connectivity index (χ0) is 15.5. The number of rotatable bonds is 3. The molecule has 3 rings (SSSR count). The van der Waals surface area contributed by atoms with Gasteiger partial charge in [-0.15, -0.1) is 0 Å². The first kappa shape index (κ1) is 14.8. The Hall–Kier alpha value is -2.14. The number of benzene rings is 1. The van der Waals surface area contributed by atoms with E-state index in [1.54, 1.807) is 0 Å². The van der Waals surface area contributed by atoms with Crippen molar-refractivity contribution in [2.75, 3.05) is 32.7 Å². The van der Waals surface area contributed by atoms with Crippen LogP contribution in [0.1, 0.15) is 23.1 Å². The van der Waals surface area contributed by atoms with Crippen molar-refractivity contribution in [1.82, 2.24) is 19.6 Å². The molecule has 1 aromatic carbocycles. The van der Waals surface area contributed by atoms with E-state index in [4.69, 9.17) is 0 Å². The molecular weight excluding hydrogens is 276 g/mol. The number of hydrogen-bond donors (Lipinski definition) is 0. The van der Waals surface area contributed by atoms with E-state index >= 15 is 0 Å². The molecule has 1 aliphatic heterocycles. The number of likely N-dealkylation sites (N-methyl/N-ethyl adjacent to an activating group) is 1. The molecule has 0 aliphatic carbocycles. The number of amides is 1. The molecule has 0 atom stereocenters. The summed E-state index contributed by atoms with van der Waals surface area (Å²) in [5.41, 5.74) is 2.49. The molecule has 1 amide bonds. The van der Waals surface area contributed by atoms with Crippen LogP contribution >= 0.6 is 0 Å². The third-order valence-corrected chi connectivity index (χ3v) is 4.21. The molecule has 1 aliphatic rings. The first-order valence-corrected chi connectivity index (χ1v) is 7.82. The number of hydrogen-bond acceptors (Lipinski definition) is 3. The fourth-order valence-corrected chi connectivity index (χ4v) is 2.84. The molecule has 0 saturated carbocycles. The van der Waals surface area contributed by atoms with Gasteiger partial charge in [-0.25, -0.2) is 4.68 Å². The molecule has 0 N–H and O–H groups in total. The SMILES string of the molecule is CCN1CCN(C(=O)c2cc(C)n(-c3ccccc3)n2)CC1. The summed E-state index contributed by atoms with van der Waals surface area (Å²) in [5.74, 6) is 0.0357. The van der Waals surface area contributed by atoms with Gasteiger partial charge in [0.1, 0.15) is 0 Å². The van der Waals surface area contributed by atoms with Gasteiger partial charge in [0.15, 0.2) is 5.69 Å². The fourth-order valence-electron chi connectivity index (χ4n) is 2.84. The third-order valence-electron chi connectivity index (χ3n) is 4.21. The second-order valence-corrected chi connectivity index (χ2v) is 5.64. The number of piperazine rings is 1. The van der Waals surface area contributed by atoms with E-state index in [2.05, 4.69) is 16.9 Å². The van der Waals surface area contributed by atoms with Crippen molar-refractivity contribution in [1.29, 1.82) is 0 Å². The van der Waals surface area contributed by atoms with Crippen LogP contribution in [0.4, 0.5) is 0 Å². The van der Waals surface area contributed by atoms with Gasteiger partial charge in [-0.05, 0) is 31.7 Å². The first-order valence-electron chi connectivity index (χ1n) is 7.82. The van der Waals surface area contributed by atoms with Crippen molar-refractivity contribution in [3.8, 4) is 5.69 Å². The highest BCUT2D eigenvalue weighted by Gasteiger charge is 2.23. The normalized spacial score (nSPS) is 16.0. The van der Waals surface area contributed by atoms with E-state index < -0.39 is 0 Å². The predicted octanol–water partition coefficient (Wildman–Crippen LogP) is 1.96. The standard InChI is InChI=1S/C17H22N4O/c1-3-19-9-11-20(12-10-19)17(22)16-13-14(2)21(18-16)15-7-5-4-6-8-15/h4-8,13H,3,9-12H2,1-2H3. The quantitative estimate of drug-likeness (QED) is 0.870. The lowest BCUT2D eigenvalue weighted by Gasteiger charge is -2.33. The summed E-state index contributed by atoms with van der Waals surface area (Å²) in [7, 11) is 0. The number of carbonyl (C=O) groups excluding carboxylic acids is 1. The highest BCUT2D eigenvalue weighted by Crippen LogP contribution is 2.14. The van der Waals surface area contributed by atoms with Crippen LogP contribution < -0.4 is 0 Å². The molecular formula is C17H22N4O. The minimum atomic E-state index is 0.0357. The summed E-state index contributed by atoms with van der Waals surface area (Å²) >= 11 is 0. The topological polar surface area (TPSA) is 41.4 Å². The van der Waals surface area contributed by atoms with Crippen LogP contribution in [0.15, 0.2) is 36.4 Å². The van der Waals surface area contributed by atoms with E-state index in [0.29, 0.717) is 5.69 Å². The molecule has 1 fully saturated rings. The molecule has 0 bridgehead atoms. The van der Waals surface area contributed by atoms with Gasteiger partial charge in [0, 0.05) is 31.9 Å². The van der Waals surface area contributed by atoms with E-state index in [0.717, 1.165) is 44.1 Å². The maximum atomic E-state index is 12.6. The largest absolute Gasteiger partial charge is 0.335 e. The zero-order valence-electron chi connectivity index (χ0n) is 13.2. The minimum Gasteiger partial charge on any atom is -0.335 e. The molecule has 5 nitrogen and oxygen atoms in total. The summed E-state index contributed by atoms with van der Waals surface area (Å²) in [5, 5.41) is 4.51. The van der Waals surface area contributed by atoms with Crippen LogP contribution in [-0.4, -0.2) is 58.2 Å². The van der Waals surface area contributed by atoms with Crippen LogP contribution in [0.3, 0.4) is 0 Å². The van der Waals surface area contributed by atoms with Crippen molar-refractivity contribution in [3.05, 3.63) is 47.8 Å². The molecule has 0 radical (unpaired) electrons. The number of aromatic nitrogens is 2. The summed E-state index contributed by atoms with van der Waals surface area (Å²) in [6.07, 6.45) is 0. The van der Waals surface area contributed by atoms with E-state index in [1.165, 1.54) is 0 Å². The number of para-hydroxylation sites is 1. The third kappa shape index (κ3) is 2.90. The lowest BCUT2D eigenvalue weighted by atomic mass is 10.2. The van der Waals surface area contributed by atoms with Crippen molar-refractivity contribution in [3.63, 3.8) is 0 Å². The Morgan fingerprint density at radius 2 is 1.82 bits per heavy atom. The molecule has 0 spiro atoms. The van der Waals surface area contributed by atoms with Crippen LogP contribution in [0.5, 0.6) is 0 Å². The maximum Gasteiger partial charge on any atom is 0.274 e. The van der Waals surface area contributed by atoms with Gasteiger partial charge < -0.3 is 9.80 Å². The minimum absolute atomic E-state index is 0.0357. The van der Waals surface area contributed by atoms with Crippen LogP contribution in [0.25, 0.3) is 5.69 Å². The Morgan fingerprint density at radius 1 is 1.14 bits per heavy atom. The Kier molecular flexibility index (Phi) is 4.24. The molecule has 22 heavy (non-hydrogen) atoms. The highest BCUT2D eigenvalue weighted by molar-refractivity contribution is 5.92. The van der Waals surface area contributed by atoms with Gasteiger partial charge in [0.05, 0.1) is 5.69 Å². The van der Waals surface area contributed by atoms with Crippen LogP contribution in [-0.2, 0) is 0 Å². The van der Waals surface area contributed by atoms with Crippen LogP contribution in [0.2, 0.25) is 0 Å². The van der Waals surface area contributed by atoms with Gasteiger partial charge >= 0.3 is 0 Å². The smallest absolute Gasteiger partial charge is 0.274 e. The van der Waals surface area contributed by atoms with Crippen molar-refractivity contribution < 1.29 is 4.79 Å². The second kappa shape index (κ2) is 6.32. The van der Waals surface area contributed by atoms with E-state index in [9.17, 15) is 4.79 Å². The summed E-state index contributed by atoms with van der Waals surface area (Å²) in [4.78, 5) is 16.9. The fraction of sp³-hybridized carbons (Fsp3) is 0.412. The van der Waals surface area contributed by atoms with Crippen molar-refractivity contribution in [2.24, 2.45) is 0 Å². The average molecular weight is 298 g/mol. The lowest BCUT2D eigenvalue weighted by Crippen LogP contribution is -2.48. The number of aryl methyl sites for hydroxylation is 1. The molecule has 116 valence electrons. The average Bonchev–Trinajstić information content (AvgIpc) is 2.97. The Labute approximate surface area is 131 Å². The summed E-state index contributed by atoms with van der Waals surface area (Å²) < 4.78 is 1.83. The summed E-state index contributed by atoms with van der Waals surface area (Å²) in [6.45, 7) is 8.63. The molecule has 1 aromatic heterocycles. The second-order valence-electron chi connectivity index (χ2n) is 5.64. The molecule has 5 heteroatoms. The van der Waals surface area contributed by atoms with Crippen molar-refractivity contribution >= 4 is 5.91 Å². The summed E-state index contributed by atoms with van der Waals surface area (Å²) in [6, 6.07) is 11.8. The Balaban J connectivity index is 1.77. The van der Waals surface area contributed by atoms with E-state index in [1.807, 2.05) is 52.9 Å². The van der Waals surface area contributed by atoms with Gasteiger partial charge in [-0.1, -0.05) is 25.1 Å². The number of nitrogens with zero attached hydrogens (tertiary/aromatic N) is 4. The Bertz CT molecular complexity index is 642. The van der Waals surface area contributed by atoms with E-state index in [-0.39, 0.29) is 5.91 Å². The highest BCUT2D eigenvalue weighted by atomic mass is 16.2. The van der Waals surface area contributed by atoms with Crippen LogP contribution in [0, 0.1) is 6.92 Å². The van der Waals surface area contributed by atoms with Gasteiger partial charge in [-0.2, -0.15) is 5.10 Å². The monoisotopic (exact) mass is 298 g/mol. The van der Waals surface area contributed by atoms with Crippen molar-refractivity contribution in [2.45, 2.75) is 13.8 Å². The zero-order valence-corrected chi connectivity index (χ0v) is 13.2. The van der Waals surface area contributed by atoms with Gasteiger partial charge in [0.25, 0.3) is 5.91 Å². The molecule has 2 aromatic rings. The van der Waals surface area contributed by atoms with Gasteiger partial charge in [0.2, 0.25) is 0 Å². The first-order chi connectivity index (χ1) is 10.7. The Morgan fingerprint density at radius 3 is 2.45 bits per heavy atom. The number of carbonyl (C=O) groups is 1. The lowest BCUT2D eigenvalue weighted by molar-refractivity contribution is 0.0637. The molecule has 2 heterocycles.